The van der Waals surface area contributed by atoms with Gasteiger partial charge < -0.3 is 9.64 Å². The van der Waals surface area contributed by atoms with E-state index in [0.717, 1.165) is 16.1 Å². The van der Waals surface area contributed by atoms with E-state index >= 15 is 0 Å². The maximum Gasteiger partial charge on any atom is 0.342 e. The van der Waals surface area contributed by atoms with E-state index in [1.807, 2.05) is 60.7 Å². The highest BCUT2D eigenvalue weighted by Gasteiger charge is 2.29. The number of nitriles is 1. The number of carbonyl (C=O) groups is 2. The zero-order valence-electron chi connectivity index (χ0n) is 18.5. The van der Waals surface area contributed by atoms with Gasteiger partial charge in [0.25, 0.3) is 0 Å². The maximum atomic E-state index is 12.8. The molecule has 1 aromatic heterocycles. The zero-order chi connectivity index (χ0) is 23.5. The number of para-hydroxylation sites is 1. The number of benzene rings is 2. The Balaban J connectivity index is 1.48. The van der Waals surface area contributed by atoms with Crippen LogP contribution in [-0.4, -0.2) is 35.2 Å². The molecule has 0 saturated heterocycles. The number of Topliss-reactive ketones (excluding diaryl/α,β-unsaturated/α-hetero) is 1. The molecule has 4 rings (SSSR count). The number of thioether (sulfide) groups is 1. The third-order valence-electron chi connectivity index (χ3n) is 5.44. The zero-order valence-corrected chi connectivity index (χ0v) is 19.3. The highest BCUT2D eigenvalue weighted by Crippen LogP contribution is 2.46. The van der Waals surface area contributed by atoms with Crippen molar-refractivity contribution in [2.45, 2.75) is 25.3 Å². The molecule has 0 atom stereocenters. The SMILES string of the molecule is Cc1nn(Cc2ccccc2)c(C)c1C(=O)OCC(=O)C(C#N)=C1Sc2ccccc2N1C. The van der Waals surface area contributed by atoms with Gasteiger partial charge in [-0.25, -0.2) is 4.79 Å². The lowest BCUT2D eigenvalue weighted by Crippen LogP contribution is -2.20. The minimum atomic E-state index is -0.629. The van der Waals surface area contributed by atoms with E-state index in [-0.39, 0.29) is 5.57 Å². The van der Waals surface area contributed by atoms with Crippen molar-refractivity contribution in [3.8, 4) is 6.07 Å². The van der Waals surface area contributed by atoms with Crippen LogP contribution in [0.2, 0.25) is 0 Å². The molecular formula is C25H22N4O3S. The van der Waals surface area contributed by atoms with Crippen LogP contribution in [0.1, 0.15) is 27.3 Å². The average Bonchev–Trinajstić information content (AvgIpc) is 3.29. The van der Waals surface area contributed by atoms with Crippen molar-refractivity contribution in [2.75, 3.05) is 18.6 Å². The van der Waals surface area contributed by atoms with Gasteiger partial charge in [-0.2, -0.15) is 10.4 Å². The molecule has 0 bridgehead atoms. The lowest BCUT2D eigenvalue weighted by molar-refractivity contribution is -0.118. The molecule has 2 aromatic carbocycles. The molecule has 0 fully saturated rings. The standard InChI is InChI=1S/C25H22N4O3S/c1-16-23(17(2)29(27-16)14-18-9-5-4-6-10-18)25(31)32-15-21(30)19(13-26)24-28(3)20-11-7-8-12-22(20)33-24/h4-12H,14-15H2,1-3H3. The molecular weight excluding hydrogens is 436 g/mol. The number of hydrogen-bond donors (Lipinski definition) is 0. The molecule has 0 unspecified atom stereocenters. The second kappa shape index (κ2) is 9.35. The highest BCUT2D eigenvalue weighted by atomic mass is 32.2. The van der Waals surface area contributed by atoms with Gasteiger partial charge in [0.1, 0.15) is 22.2 Å². The fraction of sp³-hybridized carbons (Fsp3) is 0.200. The first kappa shape index (κ1) is 22.4. The minimum Gasteiger partial charge on any atom is -0.454 e. The van der Waals surface area contributed by atoms with Gasteiger partial charge in [0, 0.05) is 11.9 Å². The van der Waals surface area contributed by atoms with Crippen molar-refractivity contribution in [2.24, 2.45) is 0 Å². The van der Waals surface area contributed by atoms with Gasteiger partial charge >= 0.3 is 5.97 Å². The lowest BCUT2D eigenvalue weighted by Gasteiger charge is -2.14. The second-order valence-electron chi connectivity index (χ2n) is 7.61. The predicted molar refractivity (Wildman–Crippen MR) is 126 cm³/mol. The Bertz CT molecular complexity index is 1300. The molecule has 0 saturated carbocycles. The maximum absolute atomic E-state index is 12.8. The smallest absolute Gasteiger partial charge is 0.342 e. The fourth-order valence-electron chi connectivity index (χ4n) is 3.73. The molecule has 0 aliphatic carbocycles. The molecule has 7 nitrogen and oxygen atoms in total. The van der Waals surface area contributed by atoms with E-state index < -0.39 is 18.4 Å². The molecule has 0 amide bonds. The van der Waals surface area contributed by atoms with Crippen LogP contribution in [0.4, 0.5) is 5.69 Å². The summed E-state index contributed by atoms with van der Waals surface area (Å²) in [4.78, 5) is 28.3. The van der Waals surface area contributed by atoms with Crippen LogP contribution < -0.4 is 4.90 Å². The molecule has 0 N–H and O–H groups in total. The van der Waals surface area contributed by atoms with Crippen molar-refractivity contribution in [1.82, 2.24) is 9.78 Å². The van der Waals surface area contributed by atoms with Gasteiger partial charge in [0.05, 0.1) is 23.6 Å². The molecule has 1 aliphatic heterocycles. The van der Waals surface area contributed by atoms with Crippen molar-refractivity contribution in [3.63, 3.8) is 0 Å². The normalized spacial score (nSPS) is 13.9. The van der Waals surface area contributed by atoms with Crippen LogP contribution in [0.25, 0.3) is 0 Å². The van der Waals surface area contributed by atoms with Gasteiger partial charge in [-0.1, -0.05) is 54.2 Å². The second-order valence-corrected chi connectivity index (χ2v) is 8.64. The highest BCUT2D eigenvalue weighted by molar-refractivity contribution is 8.03. The first-order chi connectivity index (χ1) is 15.9. The fourth-order valence-corrected chi connectivity index (χ4v) is 4.89. The summed E-state index contributed by atoms with van der Waals surface area (Å²) < 4.78 is 7.06. The van der Waals surface area contributed by atoms with Gasteiger partial charge in [0.15, 0.2) is 6.61 Å². The molecule has 8 heteroatoms. The number of nitrogens with zero attached hydrogens (tertiary/aromatic N) is 4. The largest absolute Gasteiger partial charge is 0.454 e. The summed E-state index contributed by atoms with van der Waals surface area (Å²) in [5, 5.41) is 14.6. The molecule has 166 valence electrons. The first-order valence-corrected chi connectivity index (χ1v) is 11.2. The number of carbonyl (C=O) groups excluding carboxylic acids is 2. The molecule has 3 aromatic rings. The van der Waals surface area contributed by atoms with Crippen LogP contribution in [0.5, 0.6) is 0 Å². The van der Waals surface area contributed by atoms with Crippen LogP contribution >= 0.6 is 11.8 Å². The lowest BCUT2D eigenvalue weighted by atomic mass is 10.2. The predicted octanol–water partition coefficient (Wildman–Crippen LogP) is 4.25. The molecule has 0 radical (unpaired) electrons. The number of fused-ring (bicyclic) bond motifs is 1. The summed E-state index contributed by atoms with van der Waals surface area (Å²) >= 11 is 1.35. The van der Waals surface area contributed by atoms with Crippen molar-refractivity contribution >= 4 is 29.2 Å². The van der Waals surface area contributed by atoms with Gasteiger partial charge in [-0.3, -0.25) is 9.48 Å². The van der Waals surface area contributed by atoms with E-state index in [2.05, 4.69) is 5.10 Å². The summed E-state index contributed by atoms with van der Waals surface area (Å²) in [6, 6.07) is 19.5. The van der Waals surface area contributed by atoms with Crippen molar-refractivity contribution in [1.29, 1.82) is 5.26 Å². The number of aryl methyl sites for hydroxylation is 1. The number of rotatable bonds is 6. The molecule has 0 spiro atoms. The molecule has 2 heterocycles. The number of anilines is 1. The Hall–Kier alpha value is -3.83. The third kappa shape index (κ3) is 4.41. The Kier molecular flexibility index (Phi) is 6.33. The number of ether oxygens (including phenoxy) is 1. The summed E-state index contributed by atoms with van der Waals surface area (Å²) in [5.74, 6) is -1.17. The quantitative estimate of drug-likeness (QED) is 0.310. The minimum absolute atomic E-state index is 0.0280. The number of ketones is 1. The van der Waals surface area contributed by atoms with E-state index in [1.165, 1.54) is 11.8 Å². The summed E-state index contributed by atoms with van der Waals surface area (Å²) in [5.41, 5.74) is 3.48. The van der Waals surface area contributed by atoms with Crippen molar-refractivity contribution < 1.29 is 14.3 Å². The Morgan fingerprint density at radius 3 is 2.48 bits per heavy atom. The van der Waals surface area contributed by atoms with Gasteiger partial charge in [-0.15, -0.1) is 0 Å². The summed E-state index contributed by atoms with van der Waals surface area (Å²) in [6.07, 6.45) is 0. The Morgan fingerprint density at radius 2 is 1.79 bits per heavy atom. The average molecular weight is 459 g/mol. The van der Waals surface area contributed by atoms with Crippen molar-refractivity contribution in [3.05, 3.63) is 87.7 Å². The van der Waals surface area contributed by atoms with E-state index in [1.54, 1.807) is 30.5 Å². The van der Waals surface area contributed by atoms with Gasteiger partial charge in [-0.05, 0) is 31.5 Å². The van der Waals surface area contributed by atoms with E-state index in [9.17, 15) is 14.9 Å². The van der Waals surface area contributed by atoms with Crippen LogP contribution in [-0.2, 0) is 16.1 Å². The topological polar surface area (TPSA) is 88.2 Å². The molecule has 33 heavy (non-hydrogen) atoms. The summed E-state index contributed by atoms with van der Waals surface area (Å²) in [7, 11) is 1.80. The number of esters is 1. The van der Waals surface area contributed by atoms with Crippen LogP contribution in [0, 0.1) is 25.2 Å². The number of aromatic nitrogens is 2. The summed E-state index contributed by atoms with van der Waals surface area (Å²) in [6.45, 7) is 3.54. The third-order valence-corrected chi connectivity index (χ3v) is 6.67. The Morgan fingerprint density at radius 1 is 1.09 bits per heavy atom. The van der Waals surface area contributed by atoms with Crippen LogP contribution in [0.15, 0.2) is 70.1 Å². The monoisotopic (exact) mass is 458 g/mol. The van der Waals surface area contributed by atoms with Gasteiger partial charge in [0.2, 0.25) is 5.78 Å². The Labute approximate surface area is 196 Å². The van der Waals surface area contributed by atoms with E-state index in [0.29, 0.717) is 28.5 Å². The first-order valence-electron chi connectivity index (χ1n) is 10.3. The molecule has 1 aliphatic rings. The van der Waals surface area contributed by atoms with E-state index in [4.69, 9.17) is 4.74 Å². The van der Waals surface area contributed by atoms with Crippen LogP contribution in [0.3, 0.4) is 0 Å². The number of hydrogen-bond acceptors (Lipinski definition) is 7.